The van der Waals surface area contributed by atoms with Crippen LogP contribution >= 0.6 is 0 Å². The number of hydrogen-bond donors (Lipinski definition) is 3. The van der Waals surface area contributed by atoms with Crippen LogP contribution in [0, 0.1) is 0 Å². The number of carboxylic acid groups (broad SMARTS) is 2. The molecule has 28 heavy (non-hydrogen) atoms. The zero-order valence-corrected chi connectivity index (χ0v) is 14.9. The lowest BCUT2D eigenvalue weighted by atomic mass is 10.5. The Morgan fingerprint density at radius 1 is 0.857 bits per heavy atom. The fourth-order valence-corrected chi connectivity index (χ4v) is 1.31. The van der Waals surface area contributed by atoms with Gasteiger partial charge in [0.15, 0.2) is 12.9 Å². The van der Waals surface area contributed by atoms with E-state index in [1.165, 1.54) is 6.21 Å². The van der Waals surface area contributed by atoms with Gasteiger partial charge in [0.1, 0.15) is 6.61 Å². The first-order valence-electron chi connectivity index (χ1n) is 7.86. The number of nitrogens with zero attached hydrogens (tertiary/aromatic N) is 1. The van der Waals surface area contributed by atoms with Crippen LogP contribution in [-0.4, -0.2) is 84.7 Å². The summed E-state index contributed by atoms with van der Waals surface area (Å²) >= 11 is 0. The zero-order chi connectivity index (χ0) is 21.2. The number of ether oxygens (including phenoxy) is 2. The van der Waals surface area contributed by atoms with Crippen LogP contribution in [0.5, 0.6) is 0 Å². The third-order valence-electron chi connectivity index (χ3n) is 2.45. The highest BCUT2D eigenvalue weighted by Gasteiger charge is 2.08. The molecule has 0 aromatic carbocycles. The molecule has 0 unspecified atom stereocenters. The van der Waals surface area contributed by atoms with Gasteiger partial charge < -0.3 is 19.7 Å². The predicted octanol–water partition coefficient (Wildman–Crippen LogP) is -2.53. The summed E-state index contributed by atoms with van der Waals surface area (Å²) in [6.07, 6.45) is 4.66. The van der Waals surface area contributed by atoms with Gasteiger partial charge in [-0.2, -0.15) is 9.68 Å². The molecule has 0 fully saturated rings. The molecule has 12 heteroatoms. The Kier molecular flexibility index (Phi) is 13.9. The maximum atomic E-state index is 11.2. The van der Waals surface area contributed by atoms with E-state index >= 15 is 0 Å². The molecule has 0 aromatic heterocycles. The molecule has 0 saturated carbocycles. The van der Waals surface area contributed by atoms with E-state index in [2.05, 4.69) is 21.5 Å². The Morgan fingerprint density at radius 2 is 1.43 bits per heavy atom. The maximum absolute atomic E-state index is 11.2. The minimum atomic E-state index is -1.27. The molecule has 0 bridgehead atoms. The van der Waals surface area contributed by atoms with E-state index in [1.54, 1.807) is 0 Å². The Labute approximate surface area is 159 Å². The van der Waals surface area contributed by atoms with Crippen LogP contribution in [0.1, 0.15) is 6.42 Å². The molecule has 0 spiro atoms. The van der Waals surface area contributed by atoms with Crippen molar-refractivity contribution < 1.29 is 58.4 Å². The van der Waals surface area contributed by atoms with E-state index in [0.29, 0.717) is 31.8 Å². The van der Waals surface area contributed by atoms with Crippen molar-refractivity contribution >= 4 is 36.8 Å². The molecular weight excluding hydrogens is 380 g/mol. The molecule has 0 aliphatic carbocycles. The fraction of sp³-hybridized carbons (Fsp3) is 0.375. The topological polar surface area (TPSA) is 163 Å². The lowest BCUT2D eigenvalue weighted by molar-refractivity contribution is -0.754. The third kappa shape index (κ3) is 17.4. The number of nitrogens with one attached hydrogen (secondary N) is 1. The van der Waals surface area contributed by atoms with E-state index < -0.39 is 23.9 Å². The van der Waals surface area contributed by atoms with Gasteiger partial charge in [0, 0.05) is 24.3 Å². The Morgan fingerprint density at radius 3 is 2.04 bits per heavy atom. The first-order valence-corrected chi connectivity index (χ1v) is 7.86. The van der Waals surface area contributed by atoms with Crippen molar-refractivity contribution in [2.24, 2.45) is 0 Å². The summed E-state index contributed by atoms with van der Waals surface area (Å²) in [6, 6.07) is 0. The molecule has 154 valence electrons. The summed E-state index contributed by atoms with van der Waals surface area (Å²) in [5, 5.41) is 18.9. The lowest BCUT2D eigenvalue weighted by Crippen LogP contribution is -2.69. The quantitative estimate of drug-likeness (QED) is 0.0665. The highest BCUT2D eigenvalue weighted by Crippen LogP contribution is 1.86. The summed E-state index contributed by atoms with van der Waals surface area (Å²) < 4.78 is 11.4. The molecule has 0 heterocycles. The average molecular weight is 402 g/mol. The molecule has 0 amide bonds. The van der Waals surface area contributed by atoms with E-state index in [4.69, 9.17) is 19.7 Å². The summed E-state index contributed by atoms with van der Waals surface area (Å²) in [5.74, 6) is -4.24. The summed E-state index contributed by atoms with van der Waals surface area (Å²) in [7, 11) is 0. The molecule has 0 atom stereocenters. The molecule has 0 aliphatic rings. The second-order valence-corrected chi connectivity index (χ2v) is 4.72. The first-order chi connectivity index (χ1) is 13.3. The Hall–Kier alpha value is -3.38. The van der Waals surface area contributed by atoms with E-state index in [-0.39, 0.29) is 19.8 Å². The highest BCUT2D eigenvalue weighted by molar-refractivity contribution is 5.90. The predicted molar refractivity (Wildman–Crippen MR) is 91.3 cm³/mol. The first kappa shape index (κ1) is 24.6. The SMILES string of the molecule is C=[N+](CCOCCOCCC=[NH+]OC(=O)/C=C/C(=O)O)OC(=O)/C=C/C(=O)O. The number of aliphatic carboxylic acids is 2. The van der Waals surface area contributed by atoms with Crippen molar-refractivity contribution in [3.8, 4) is 0 Å². The number of rotatable bonds is 15. The number of carbonyl (C=O) groups excluding carboxylic acids is 2. The van der Waals surface area contributed by atoms with Gasteiger partial charge >= 0.3 is 23.9 Å². The van der Waals surface area contributed by atoms with Gasteiger partial charge in [-0.05, 0) is 9.89 Å². The van der Waals surface area contributed by atoms with E-state index in [1.807, 2.05) is 0 Å². The molecular formula is C16H22N2O10+2. The molecule has 3 N–H and O–H groups in total. The van der Waals surface area contributed by atoms with E-state index in [0.717, 1.165) is 16.9 Å². The van der Waals surface area contributed by atoms with Gasteiger partial charge in [-0.1, -0.05) is 0 Å². The number of carboxylic acids is 2. The van der Waals surface area contributed by atoms with Crippen LogP contribution < -0.4 is 5.16 Å². The monoisotopic (exact) mass is 402 g/mol. The number of hydroxylamine groups is 1. The molecule has 12 nitrogen and oxygen atoms in total. The maximum Gasteiger partial charge on any atom is 0.403 e. The van der Waals surface area contributed by atoms with Crippen molar-refractivity contribution in [3.63, 3.8) is 0 Å². The van der Waals surface area contributed by atoms with Gasteiger partial charge in [0.25, 0.3) is 0 Å². The van der Waals surface area contributed by atoms with Crippen molar-refractivity contribution in [2.45, 2.75) is 6.42 Å². The Balaban J connectivity index is 3.57. The molecule has 0 rings (SSSR count). The average Bonchev–Trinajstić information content (AvgIpc) is 2.62. The van der Waals surface area contributed by atoms with Gasteiger partial charge in [-0.15, -0.1) is 0 Å². The van der Waals surface area contributed by atoms with Crippen molar-refractivity contribution in [1.29, 1.82) is 0 Å². The van der Waals surface area contributed by atoms with Gasteiger partial charge in [-0.25, -0.2) is 19.2 Å². The minimum absolute atomic E-state index is 0.173. The highest BCUT2D eigenvalue weighted by atomic mass is 16.7. The van der Waals surface area contributed by atoms with Crippen LogP contribution in [0.2, 0.25) is 0 Å². The van der Waals surface area contributed by atoms with Gasteiger partial charge in [-0.3, -0.25) is 0 Å². The van der Waals surface area contributed by atoms with Crippen LogP contribution in [0.15, 0.2) is 24.3 Å². The minimum Gasteiger partial charge on any atom is -0.478 e. The van der Waals surface area contributed by atoms with Gasteiger partial charge in [0.2, 0.25) is 6.54 Å². The van der Waals surface area contributed by atoms with Crippen molar-refractivity contribution in [1.82, 2.24) is 0 Å². The van der Waals surface area contributed by atoms with Crippen molar-refractivity contribution in [3.05, 3.63) is 24.3 Å². The van der Waals surface area contributed by atoms with Crippen LogP contribution in [0.4, 0.5) is 0 Å². The van der Waals surface area contributed by atoms with Crippen LogP contribution in [0.3, 0.4) is 0 Å². The van der Waals surface area contributed by atoms with Crippen molar-refractivity contribution in [2.75, 3.05) is 33.0 Å². The summed E-state index contributed by atoms with van der Waals surface area (Å²) in [5.41, 5.74) is 0. The fourth-order valence-electron chi connectivity index (χ4n) is 1.31. The standard InChI is InChI=1S/C16H20N2O10/c1-18(28-16(24)6-4-14(21)22)8-10-26-12-11-25-9-2-7-17-27-15(23)5-3-13(19)20/h3-7H,1-2,8-12H2,(H-,19,20,21,22)/p+2/b5-3+,6-4+,17-7?. The molecule has 0 aromatic rings. The lowest BCUT2D eigenvalue weighted by Gasteiger charge is -2.03. The van der Waals surface area contributed by atoms with Gasteiger partial charge in [0.05, 0.1) is 26.2 Å². The van der Waals surface area contributed by atoms with Crippen LogP contribution in [0.25, 0.3) is 0 Å². The smallest absolute Gasteiger partial charge is 0.403 e. The number of hydrogen-bond acceptors (Lipinski definition) is 8. The zero-order valence-electron chi connectivity index (χ0n) is 14.9. The van der Waals surface area contributed by atoms with Crippen LogP contribution in [-0.2, 0) is 38.3 Å². The third-order valence-corrected chi connectivity index (χ3v) is 2.45. The second kappa shape index (κ2) is 15.8. The Bertz CT molecular complexity index is 639. The molecule has 0 saturated heterocycles. The molecule has 0 radical (unpaired) electrons. The largest absolute Gasteiger partial charge is 0.478 e. The second-order valence-electron chi connectivity index (χ2n) is 4.72. The molecule has 0 aliphatic heterocycles. The van der Waals surface area contributed by atoms with E-state index in [9.17, 15) is 19.2 Å². The summed E-state index contributed by atoms with van der Waals surface area (Å²) in [4.78, 5) is 51.7. The number of carbonyl (C=O) groups is 4. The normalized spacial score (nSPS) is 11.1. The summed E-state index contributed by atoms with van der Waals surface area (Å²) in [6.45, 7) is 4.72.